The van der Waals surface area contributed by atoms with Crippen LogP contribution in [0.2, 0.25) is 0 Å². The normalized spacial score (nSPS) is 28.7. The summed E-state index contributed by atoms with van der Waals surface area (Å²) in [5, 5.41) is 2.96. The average molecular weight is 181 g/mol. The van der Waals surface area contributed by atoms with Crippen molar-refractivity contribution >= 4 is 5.91 Å². The zero-order valence-electron chi connectivity index (χ0n) is 8.38. The lowest BCUT2D eigenvalue weighted by molar-refractivity contribution is -0.124. The fourth-order valence-electron chi connectivity index (χ4n) is 1.48. The van der Waals surface area contributed by atoms with Crippen molar-refractivity contribution in [3.05, 3.63) is 12.2 Å². The quantitative estimate of drug-likeness (QED) is 0.571. The van der Waals surface area contributed by atoms with Crippen LogP contribution in [0.5, 0.6) is 0 Å². The van der Waals surface area contributed by atoms with Gasteiger partial charge in [-0.05, 0) is 25.7 Å². The molecule has 1 amide bonds. The number of amides is 1. The predicted octanol–water partition coefficient (Wildman–Crippen LogP) is 2.26. The highest BCUT2D eigenvalue weighted by molar-refractivity contribution is 5.78. The average Bonchev–Trinajstić information content (AvgIpc) is 2.16. The Labute approximate surface area is 80.4 Å². The molecule has 0 aromatic heterocycles. The molecule has 0 aliphatic carbocycles. The van der Waals surface area contributed by atoms with Gasteiger partial charge in [0.1, 0.15) is 0 Å². The second-order valence-electron chi connectivity index (χ2n) is 3.75. The van der Waals surface area contributed by atoms with E-state index in [0.717, 1.165) is 19.4 Å². The molecule has 2 nitrogen and oxygen atoms in total. The Balaban J connectivity index is 2.41. The molecular formula is C11H19NO. The van der Waals surface area contributed by atoms with Crippen molar-refractivity contribution < 1.29 is 4.79 Å². The van der Waals surface area contributed by atoms with Crippen molar-refractivity contribution in [2.45, 2.75) is 39.0 Å². The maximum atomic E-state index is 11.4. The van der Waals surface area contributed by atoms with Crippen LogP contribution in [0.1, 0.15) is 39.0 Å². The summed E-state index contributed by atoms with van der Waals surface area (Å²) in [4.78, 5) is 11.4. The standard InChI is InChI=1S/C11H19NO/c1-10-8-6-4-2-3-5-7-9-12-11(10)13/h4,6,10H,2-3,5,7-9H2,1H3,(H,12,13)/b6-4+. The molecule has 0 aromatic carbocycles. The van der Waals surface area contributed by atoms with E-state index in [1.54, 1.807) is 0 Å². The van der Waals surface area contributed by atoms with E-state index < -0.39 is 0 Å². The van der Waals surface area contributed by atoms with Crippen LogP contribution in [0.4, 0.5) is 0 Å². The van der Waals surface area contributed by atoms with Gasteiger partial charge < -0.3 is 5.32 Å². The fourth-order valence-corrected chi connectivity index (χ4v) is 1.48. The van der Waals surface area contributed by atoms with Crippen LogP contribution in [0.15, 0.2) is 12.2 Å². The highest BCUT2D eigenvalue weighted by Gasteiger charge is 2.10. The van der Waals surface area contributed by atoms with Crippen LogP contribution in [-0.4, -0.2) is 12.5 Å². The maximum Gasteiger partial charge on any atom is 0.223 e. The van der Waals surface area contributed by atoms with Gasteiger partial charge in [0.15, 0.2) is 0 Å². The van der Waals surface area contributed by atoms with Crippen molar-refractivity contribution in [2.75, 3.05) is 6.54 Å². The van der Waals surface area contributed by atoms with E-state index in [0.29, 0.717) is 0 Å². The van der Waals surface area contributed by atoms with Gasteiger partial charge in [0.25, 0.3) is 0 Å². The predicted molar refractivity (Wildman–Crippen MR) is 54.4 cm³/mol. The number of hydrogen-bond donors (Lipinski definition) is 1. The van der Waals surface area contributed by atoms with Gasteiger partial charge in [-0.3, -0.25) is 4.79 Å². The fraction of sp³-hybridized carbons (Fsp3) is 0.727. The SMILES string of the molecule is CC1C/C=C/CCCCCNC1=O. The molecule has 1 rings (SSSR count). The second kappa shape index (κ2) is 5.79. The van der Waals surface area contributed by atoms with Crippen molar-refractivity contribution in [1.82, 2.24) is 5.32 Å². The molecule has 0 spiro atoms. The summed E-state index contributed by atoms with van der Waals surface area (Å²) in [6.07, 6.45) is 9.98. The second-order valence-corrected chi connectivity index (χ2v) is 3.75. The minimum absolute atomic E-state index is 0.134. The zero-order valence-corrected chi connectivity index (χ0v) is 8.38. The van der Waals surface area contributed by atoms with Crippen molar-refractivity contribution in [2.24, 2.45) is 5.92 Å². The van der Waals surface area contributed by atoms with Gasteiger partial charge in [-0.2, -0.15) is 0 Å². The van der Waals surface area contributed by atoms with Crippen LogP contribution in [0.3, 0.4) is 0 Å². The summed E-state index contributed by atoms with van der Waals surface area (Å²) in [5.74, 6) is 0.334. The Morgan fingerprint density at radius 1 is 1.31 bits per heavy atom. The highest BCUT2D eigenvalue weighted by Crippen LogP contribution is 2.07. The van der Waals surface area contributed by atoms with Crippen LogP contribution in [0, 0.1) is 5.92 Å². The molecule has 2 heteroatoms. The van der Waals surface area contributed by atoms with Crippen molar-refractivity contribution in [3.8, 4) is 0 Å². The molecule has 1 N–H and O–H groups in total. The molecule has 0 saturated carbocycles. The molecule has 1 unspecified atom stereocenters. The van der Waals surface area contributed by atoms with Crippen molar-refractivity contribution in [1.29, 1.82) is 0 Å². The Kier molecular flexibility index (Phi) is 4.58. The Morgan fingerprint density at radius 3 is 3.00 bits per heavy atom. The molecule has 0 saturated heterocycles. The molecule has 1 aliphatic rings. The smallest absolute Gasteiger partial charge is 0.223 e. The van der Waals surface area contributed by atoms with Gasteiger partial charge in [-0.15, -0.1) is 0 Å². The number of nitrogens with one attached hydrogen (secondary N) is 1. The molecule has 1 atom stereocenters. The third-order valence-corrected chi connectivity index (χ3v) is 2.45. The van der Waals surface area contributed by atoms with E-state index in [1.165, 1.54) is 19.3 Å². The third kappa shape index (κ3) is 4.11. The van der Waals surface area contributed by atoms with E-state index >= 15 is 0 Å². The first kappa shape index (κ1) is 10.3. The molecule has 0 radical (unpaired) electrons. The summed E-state index contributed by atoms with van der Waals surface area (Å²) in [6.45, 7) is 2.83. The summed E-state index contributed by atoms with van der Waals surface area (Å²) in [6, 6.07) is 0. The number of carbonyl (C=O) groups excluding carboxylic acids is 1. The molecule has 74 valence electrons. The van der Waals surface area contributed by atoms with Crippen molar-refractivity contribution in [3.63, 3.8) is 0 Å². The first-order chi connectivity index (χ1) is 6.30. The number of hydrogen-bond acceptors (Lipinski definition) is 1. The first-order valence-corrected chi connectivity index (χ1v) is 5.23. The molecule has 0 aromatic rings. The number of allylic oxidation sites excluding steroid dienone is 2. The van der Waals surface area contributed by atoms with Gasteiger partial charge in [0.2, 0.25) is 5.91 Å². The monoisotopic (exact) mass is 181 g/mol. The molecule has 0 fully saturated rings. The minimum atomic E-state index is 0.134. The summed E-state index contributed by atoms with van der Waals surface area (Å²) < 4.78 is 0. The van der Waals surface area contributed by atoms with Gasteiger partial charge >= 0.3 is 0 Å². The van der Waals surface area contributed by atoms with Gasteiger partial charge in [0.05, 0.1) is 0 Å². The lowest BCUT2D eigenvalue weighted by Gasteiger charge is -2.08. The third-order valence-electron chi connectivity index (χ3n) is 2.45. The summed E-state index contributed by atoms with van der Waals surface area (Å²) in [7, 11) is 0. The van der Waals surface area contributed by atoms with E-state index in [2.05, 4.69) is 17.5 Å². The molecule has 1 aliphatic heterocycles. The topological polar surface area (TPSA) is 29.1 Å². The number of rotatable bonds is 0. The lowest BCUT2D eigenvalue weighted by atomic mass is 10.1. The Morgan fingerprint density at radius 2 is 2.15 bits per heavy atom. The largest absolute Gasteiger partial charge is 0.356 e. The van der Waals surface area contributed by atoms with Crippen LogP contribution in [-0.2, 0) is 4.79 Å². The molecule has 1 heterocycles. The van der Waals surface area contributed by atoms with Gasteiger partial charge in [-0.25, -0.2) is 0 Å². The van der Waals surface area contributed by atoms with E-state index in [-0.39, 0.29) is 11.8 Å². The lowest BCUT2D eigenvalue weighted by Crippen LogP contribution is -2.29. The van der Waals surface area contributed by atoms with E-state index in [4.69, 9.17) is 0 Å². The zero-order chi connectivity index (χ0) is 9.52. The first-order valence-electron chi connectivity index (χ1n) is 5.23. The molecule has 13 heavy (non-hydrogen) atoms. The highest BCUT2D eigenvalue weighted by atomic mass is 16.1. The van der Waals surface area contributed by atoms with E-state index in [9.17, 15) is 4.79 Å². The minimum Gasteiger partial charge on any atom is -0.356 e. The summed E-state index contributed by atoms with van der Waals surface area (Å²) >= 11 is 0. The van der Waals surface area contributed by atoms with Gasteiger partial charge in [0, 0.05) is 12.5 Å². The van der Waals surface area contributed by atoms with Gasteiger partial charge in [-0.1, -0.05) is 25.5 Å². The summed E-state index contributed by atoms with van der Waals surface area (Å²) in [5.41, 5.74) is 0. The maximum absolute atomic E-state index is 11.4. The number of carbonyl (C=O) groups is 1. The Hall–Kier alpha value is -0.790. The van der Waals surface area contributed by atoms with Crippen LogP contribution in [0.25, 0.3) is 0 Å². The van der Waals surface area contributed by atoms with Crippen LogP contribution >= 0.6 is 0 Å². The molecular weight excluding hydrogens is 162 g/mol. The van der Waals surface area contributed by atoms with E-state index in [1.807, 2.05) is 6.92 Å². The molecule has 0 bridgehead atoms. The Bertz CT molecular complexity index is 187. The van der Waals surface area contributed by atoms with Crippen LogP contribution < -0.4 is 5.32 Å².